The number of hydrogen-bond acceptors (Lipinski definition) is 4. The molecule has 0 atom stereocenters. The van der Waals surface area contributed by atoms with Gasteiger partial charge in [0.1, 0.15) is 6.61 Å². The zero-order valence-electron chi connectivity index (χ0n) is 12.6. The molecule has 0 saturated carbocycles. The van der Waals surface area contributed by atoms with E-state index in [0.717, 1.165) is 30.6 Å². The fraction of sp³-hybridized carbons (Fsp3) is 0.400. The molecule has 0 rings (SSSR count). The Balaban J connectivity index is 4.02. The summed E-state index contributed by atoms with van der Waals surface area (Å²) in [6, 6.07) is -0.979. The van der Waals surface area contributed by atoms with E-state index in [1.54, 1.807) is 5.32 Å². The second-order valence-corrected chi connectivity index (χ2v) is 4.69. The van der Waals surface area contributed by atoms with E-state index in [-0.39, 0.29) is 6.61 Å². The number of primary amides is 1. The molecule has 6 nitrogen and oxygen atoms in total. The molecular weight excluding hydrogens is 272 g/mol. The standard InChI is InChI=1S/C15H22N2O4/c1-11(2)5-4-6-12(3)9-10-21-14(19)8-7-13(18)17-15(16)20/h5,7-9H,4,6,10H2,1-3H3,(H3,16,17,18,20). The Hall–Kier alpha value is -2.37. The van der Waals surface area contributed by atoms with Gasteiger partial charge in [-0.2, -0.15) is 0 Å². The summed E-state index contributed by atoms with van der Waals surface area (Å²) in [4.78, 5) is 32.6. The predicted octanol–water partition coefficient (Wildman–Crippen LogP) is 1.97. The monoisotopic (exact) mass is 294 g/mol. The summed E-state index contributed by atoms with van der Waals surface area (Å²) in [5.74, 6) is -1.43. The average molecular weight is 294 g/mol. The number of hydrogen-bond donors (Lipinski definition) is 2. The van der Waals surface area contributed by atoms with Crippen LogP contribution in [-0.2, 0) is 14.3 Å². The molecule has 0 spiro atoms. The number of carbonyl (C=O) groups excluding carboxylic acids is 3. The highest BCUT2D eigenvalue weighted by Gasteiger charge is 2.01. The van der Waals surface area contributed by atoms with Crippen molar-refractivity contribution < 1.29 is 19.1 Å². The molecule has 116 valence electrons. The molecule has 0 aromatic heterocycles. The molecule has 0 aromatic carbocycles. The molecule has 0 aliphatic carbocycles. The van der Waals surface area contributed by atoms with Gasteiger partial charge in [0.25, 0.3) is 5.91 Å². The van der Waals surface area contributed by atoms with Gasteiger partial charge in [0, 0.05) is 12.2 Å². The SMILES string of the molecule is CC(C)=CCCC(C)=CCOC(=O)C=CC(=O)NC(N)=O. The van der Waals surface area contributed by atoms with Crippen LogP contribution in [0.1, 0.15) is 33.6 Å². The van der Waals surface area contributed by atoms with E-state index in [2.05, 4.69) is 6.08 Å². The van der Waals surface area contributed by atoms with Gasteiger partial charge in [-0.1, -0.05) is 17.2 Å². The summed E-state index contributed by atoms with van der Waals surface area (Å²) in [5.41, 5.74) is 7.13. The normalized spacial score (nSPS) is 11.1. The lowest BCUT2D eigenvalue weighted by Gasteiger charge is -2.01. The van der Waals surface area contributed by atoms with Crippen LogP contribution in [0.4, 0.5) is 4.79 Å². The van der Waals surface area contributed by atoms with Crippen molar-refractivity contribution in [2.75, 3.05) is 6.61 Å². The third kappa shape index (κ3) is 12.4. The number of urea groups is 1. The predicted molar refractivity (Wildman–Crippen MR) is 80.2 cm³/mol. The van der Waals surface area contributed by atoms with Crippen molar-refractivity contribution >= 4 is 17.9 Å². The first kappa shape index (κ1) is 18.6. The number of carbonyl (C=O) groups is 3. The summed E-state index contributed by atoms with van der Waals surface area (Å²) in [6.45, 7) is 6.19. The lowest BCUT2D eigenvalue weighted by molar-refractivity contribution is -0.136. The maximum Gasteiger partial charge on any atom is 0.331 e. The first-order valence-electron chi connectivity index (χ1n) is 6.55. The topological polar surface area (TPSA) is 98.5 Å². The molecule has 0 fully saturated rings. The summed E-state index contributed by atoms with van der Waals surface area (Å²) in [7, 11) is 0. The smallest absolute Gasteiger partial charge is 0.331 e. The van der Waals surface area contributed by atoms with Crippen LogP contribution in [0.25, 0.3) is 0 Å². The maximum atomic E-state index is 11.3. The van der Waals surface area contributed by atoms with Gasteiger partial charge < -0.3 is 10.5 Å². The molecule has 0 aromatic rings. The van der Waals surface area contributed by atoms with Crippen LogP contribution in [0, 0.1) is 0 Å². The Morgan fingerprint density at radius 2 is 1.76 bits per heavy atom. The number of allylic oxidation sites excluding steroid dienone is 3. The van der Waals surface area contributed by atoms with Crippen LogP contribution >= 0.6 is 0 Å². The van der Waals surface area contributed by atoms with E-state index < -0.39 is 17.9 Å². The van der Waals surface area contributed by atoms with Crippen LogP contribution in [0.2, 0.25) is 0 Å². The zero-order chi connectivity index (χ0) is 16.3. The van der Waals surface area contributed by atoms with Gasteiger partial charge in [-0.15, -0.1) is 0 Å². The Morgan fingerprint density at radius 1 is 1.10 bits per heavy atom. The van der Waals surface area contributed by atoms with Gasteiger partial charge in [0.05, 0.1) is 0 Å². The van der Waals surface area contributed by atoms with Gasteiger partial charge in [-0.05, 0) is 39.7 Å². The van der Waals surface area contributed by atoms with Crippen molar-refractivity contribution in [2.45, 2.75) is 33.6 Å². The van der Waals surface area contributed by atoms with E-state index >= 15 is 0 Å². The zero-order valence-corrected chi connectivity index (χ0v) is 12.6. The lowest BCUT2D eigenvalue weighted by Crippen LogP contribution is -2.33. The van der Waals surface area contributed by atoms with Gasteiger partial charge in [-0.3, -0.25) is 10.1 Å². The number of ether oxygens (including phenoxy) is 1. The van der Waals surface area contributed by atoms with Crippen molar-refractivity contribution in [2.24, 2.45) is 5.73 Å². The number of esters is 1. The van der Waals surface area contributed by atoms with Crippen LogP contribution in [-0.4, -0.2) is 24.5 Å². The largest absolute Gasteiger partial charge is 0.458 e. The average Bonchev–Trinajstić information content (AvgIpc) is 2.35. The molecule has 0 aliphatic rings. The highest BCUT2D eigenvalue weighted by molar-refractivity contribution is 6.02. The molecule has 0 bridgehead atoms. The molecule has 0 unspecified atom stereocenters. The van der Waals surface area contributed by atoms with Crippen molar-refractivity contribution in [3.05, 3.63) is 35.5 Å². The molecule has 0 saturated heterocycles. The van der Waals surface area contributed by atoms with Gasteiger partial charge >= 0.3 is 12.0 Å². The van der Waals surface area contributed by atoms with E-state index in [1.807, 2.05) is 26.8 Å². The van der Waals surface area contributed by atoms with Crippen molar-refractivity contribution in [3.8, 4) is 0 Å². The van der Waals surface area contributed by atoms with Crippen LogP contribution in [0.3, 0.4) is 0 Å². The minimum absolute atomic E-state index is 0.140. The second-order valence-electron chi connectivity index (χ2n) is 4.69. The second kappa shape index (κ2) is 10.4. The molecular formula is C15H22N2O4. The highest BCUT2D eigenvalue weighted by atomic mass is 16.5. The summed E-state index contributed by atoms with van der Waals surface area (Å²) < 4.78 is 4.88. The Morgan fingerprint density at radius 3 is 2.33 bits per heavy atom. The van der Waals surface area contributed by atoms with Crippen LogP contribution in [0.5, 0.6) is 0 Å². The van der Waals surface area contributed by atoms with Gasteiger partial charge in [-0.25, -0.2) is 9.59 Å². The first-order valence-corrected chi connectivity index (χ1v) is 6.55. The number of nitrogens with one attached hydrogen (secondary N) is 1. The van der Waals surface area contributed by atoms with Crippen molar-refractivity contribution in [1.82, 2.24) is 5.32 Å². The third-order valence-corrected chi connectivity index (χ3v) is 2.37. The van der Waals surface area contributed by atoms with E-state index in [0.29, 0.717) is 0 Å². The quantitative estimate of drug-likeness (QED) is 0.426. The number of amides is 3. The molecule has 0 radical (unpaired) electrons. The third-order valence-electron chi connectivity index (χ3n) is 2.37. The van der Waals surface area contributed by atoms with Crippen LogP contribution in [0.15, 0.2) is 35.5 Å². The molecule has 21 heavy (non-hydrogen) atoms. The van der Waals surface area contributed by atoms with E-state index in [4.69, 9.17) is 10.5 Å². The molecule has 6 heteroatoms. The van der Waals surface area contributed by atoms with Gasteiger partial charge in [0.15, 0.2) is 0 Å². The summed E-state index contributed by atoms with van der Waals surface area (Å²) >= 11 is 0. The first-order chi connectivity index (χ1) is 9.81. The number of nitrogens with two attached hydrogens (primary N) is 1. The van der Waals surface area contributed by atoms with Crippen molar-refractivity contribution in [3.63, 3.8) is 0 Å². The van der Waals surface area contributed by atoms with Gasteiger partial charge in [0.2, 0.25) is 0 Å². The molecule has 0 heterocycles. The highest BCUT2D eigenvalue weighted by Crippen LogP contribution is 2.06. The van der Waals surface area contributed by atoms with E-state index in [9.17, 15) is 14.4 Å². The fourth-order valence-corrected chi connectivity index (χ4v) is 1.31. The molecule has 3 N–H and O–H groups in total. The summed E-state index contributed by atoms with van der Waals surface area (Å²) in [5, 5.41) is 1.79. The number of rotatable bonds is 7. The Labute approximate surface area is 124 Å². The Kier molecular flexibility index (Phi) is 9.25. The summed E-state index contributed by atoms with van der Waals surface area (Å²) in [6.07, 6.45) is 7.63. The minimum atomic E-state index is -0.979. The lowest BCUT2D eigenvalue weighted by atomic mass is 10.1. The molecule has 3 amide bonds. The fourth-order valence-electron chi connectivity index (χ4n) is 1.31. The van der Waals surface area contributed by atoms with Crippen LogP contribution < -0.4 is 11.1 Å². The van der Waals surface area contributed by atoms with E-state index in [1.165, 1.54) is 5.57 Å². The maximum absolute atomic E-state index is 11.3. The Bertz CT molecular complexity index is 472. The minimum Gasteiger partial charge on any atom is -0.458 e. The number of imide groups is 1. The molecule has 0 aliphatic heterocycles. The van der Waals surface area contributed by atoms with Crippen molar-refractivity contribution in [1.29, 1.82) is 0 Å².